The molecule has 0 N–H and O–H groups in total. The number of nitrogens with zero attached hydrogens (tertiary/aromatic N) is 2. The monoisotopic (exact) mass is 400 g/mol. The van der Waals surface area contributed by atoms with Gasteiger partial charge in [-0.2, -0.15) is 18.3 Å². The van der Waals surface area contributed by atoms with Crippen LogP contribution in [-0.2, 0) is 16.0 Å². The highest BCUT2D eigenvalue weighted by Gasteiger charge is 2.35. The van der Waals surface area contributed by atoms with Gasteiger partial charge in [0.05, 0.1) is 21.3 Å². The molecular formula is C17H12ClF3N2O2S. The summed E-state index contributed by atoms with van der Waals surface area (Å²) in [6.45, 7) is 0. The summed E-state index contributed by atoms with van der Waals surface area (Å²) in [5.41, 5.74) is -0.492. The van der Waals surface area contributed by atoms with Gasteiger partial charge in [0, 0.05) is 11.8 Å². The first-order valence-corrected chi connectivity index (χ1v) is 9.57. The number of hydrogen-bond donors (Lipinski definition) is 0. The fraction of sp³-hybridized carbons (Fsp3) is 0.118. The van der Waals surface area contributed by atoms with Gasteiger partial charge < -0.3 is 0 Å². The summed E-state index contributed by atoms with van der Waals surface area (Å²) in [4.78, 5) is -0.00420. The molecule has 0 saturated heterocycles. The van der Waals surface area contributed by atoms with Crippen molar-refractivity contribution in [2.45, 2.75) is 11.1 Å². The van der Waals surface area contributed by atoms with Crippen molar-refractivity contribution in [1.29, 1.82) is 0 Å². The Kier molecular flexibility index (Phi) is 4.58. The Hall–Kier alpha value is -2.32. The van der Waals surface area contributed by atoms with Gasteiger partial charge in [-0.1, -0.05) is 35.9 Å². The first-order valence-electron chi connectivity index (χ1n) is 7.30. The molecule has 0 bridgehead atoms. The summed E-state index contributed by atoms with van der Waals surface area (Å²) in [6.07, 6.45) is -3.63. The van der Waals surface area contributed by atoms with Crippen LogP contribution in [-0.4, -0.2) is 24.5 Å². The first kappa shape index (κ1) is 18.5. The Morgan fingerprint density at radius 3 is 2.35 bits per heavy atom. The number of hydrogen-bond acceptors (Lipinski definition) is 3. The Labute approximate surface area is 152 Å². The summed E-state index contributed by atoms with van der Waals surface area (Å²) in [7, 11) is -3.52. The molecule has 0 amide bonds. The van der Waals surface area contributed by atoms with Gasteiger partial charge in [0.25, 0.3) is 0 Å². The second-order valence-corrected chi connectivity index (χ2v) is 8.00. The third-order valence-corrected chi connectivity index (χ3v) is 5.07. The van der Waals surface area contributed by atoms with Gasteiger partial charge in [-0.3, -0.25) is 0 Å². The van der Waals surface area contributed by atoms with Crippen LogP contribution in [0.5, 0.6) is 0 Å². The Bertz CT molecular complexity index is 1080. The van der Waals surface area contributed by atoms with Gasteiger partial charge in [-0.05, 0) is 30.3 Å². The molecule has 9 heteroatoms. The number of aromatic nitrogens is 2. The van der Waals surface area contributed by atoms with E-state index in [1.807, 2.05) is 0 Å². The molecule has 0 aliphatic rings. The summed E-state index contributed by atoms with van der Waals surface area (Å²) >= 11 is 6.11. The predicted octanol–water partition coefficient (Wildman–Crippen LogP) is 4.62. The smallest absolute Gasteiger partial charge is 0.231 e. The van der Waals surface area contributed by atoms with E-state index in [2.05, 4.69) is 5.10 Å². The zero-order valence-corrected chi connectivity index (χ0v) is 14.9. The second kappa shape index (κ2) is 6.44. The van der Waals surface area contributed by atoms with Crippen LogP contribution in [0.1, 0.15) is 5.69 Å². The summed E-state index contributed by atoms with van der Waals surface area (Å²) in [5, 5.41) is 3.85. The molecule has 0 saturated carbocycles. The maximum atomic E-state index is 13.2. The quantitative estimate of drug-likeness (QED) is 0.645. The molecule has 0 unspecified atom stereocenters. The van der Waals surface area contributed by atoms with Gasteiger partial charge in [-0.15, -0.1) is 0 Å². The van der Waals surface area contributed by atoms with Gasteiger partial charge in [-0.25, -0.2) is 13.1 Å². The van der Waals surface area contributed by atoms with E-state index in [1.165, 1.54) is 36.4 Å². The lowest BCUT2D eigenvalue weighted by molar-refractivity contribution is -0.141. The van der Waals surface area contributed by atoms with Crippen LogP contribution in [0.25, 0.3) is 16.9 Å². The number of para-hydroxylation sites is 1. The molecule has 0 aliphatic carbocycles. The molecule has 136 valence electrons. The van der Waals surface area contributed by atoms with Gasteiger partial charge in [0.1, 0.15) is 0 Å². The van der Waals surface area contributed by atoms with E-state index >= 15 is 0 Å². The Morgan fingerprint density at radius 2 is 1.73 bits per heavy atom. The third-order valence-electron chi connectivity index (χ3n) is 3.64. The lowest BCUT2D eigenvalue weighted by Gasteiger charge is -2.10. The summed E-state index contributed by atoms with van der Waals surface area (Å²) in [6, 6.07) is 12.8. The molecule has 4 nitrogen and oxygen atoms in total. The minimum absolute atomic E-state index is 0.00420. The number of sulfone groups is 1. The van der Waals surface area contributed by atoms with E-state index < -0.39 is 21.7 Å². The SMILES string of the molecule is CS(=O)(=O)c1cccc(-c2cc(C(F)(F)F)nn2-c2ccccc2Cl)c1. The normalized spacial score (nSPS) is 12.3. The highest BCUT2D eigenvalue weighted by molar-refractivity contribution is 7.90. The average molecular weight is 401 g/mol. The van der Waals surface area contributed by atoms with Crippen molar-refractivity contribution in [2.75, 3.05) is 6.26 Å². The minimum atomic E-state index is -4.66. The second-order valence-electron chi connectivity index (χ2n) is 5.58. The molecule has 2 aromatic carbocycles. The molecule has 3 rings (SSSR count). The van der Waals surface area contributed by atoms with Crippen LogP contribution >= 0.6 is 11.6 Å². The lowest BCUT2D eigenvalue weighted by atomic mass is 10.1. The van der Waals surface area contributed by atoms with Crippen LogP contribution in [0.2, 0.25) is 5.02 Å². The third kappa shape index (κ3) is 3.61. The van der Waals surface area contributed by atoms with Crippen LogP contribution < -0.4 is 0 Å². The molecule has 26 heavy (non-hydrogen) atoms. The fourth-order valence-corrected chi connectivity index (χ4v) is 3.30. The van der Waals surface area contributed by atoms with Crippen molar-refractivity contribution >= 4 is 21.4 Å². The number of alkyl halides is 3. The van der Waals surface area contributed by atoms with Crippen molar-refractivity contribution in [3.8, 4) is 16.9 Å². The van der Waals surface area contributed by atoms with Crippen LogP contribution in [0.15, 0.2) is 59.5 Å². The van der Waals surface area contributed by atoms with E-state index in [1.54, 1.807) is 12.1 Å². The van der Waals surface area contributed by atoms with E-state index in [0.717, 1.165) is 17.0 Å². The lowest BCUT2D eigenvalue weighted by Crippen LogP contribution is -2.07. The average Bonchev–Trinajstić information content (AvgIpc) is 3.00. The van der Waals surface area contributed by atoms with Crippen molar-refractivity contribution in [2.24, 2.45) is 0 Å². The number of benzene rings is 2. The zero-order chi connectivity index (χ0) is 19.1. The van der Waals surface area contributed by atoms with Gasteiger partial charge in [0.2, 0.25) is 0 Å². The molecule has 0 radical (unpaired) electrons. The molecule has 3 aromatic rings. The highest BCUT2D eigenvalue weighted by atomic mass is 35.5. The molecule has 0 fully saturated rings. The van der Waals surface area contributed by atoms with Crippen molar-refractivity contribution in [1.82, 2.24) is 9.78 Å². The zero-order valence-electron chi connectivity index (χ0n) is 13.3. The largest absolute Gasteiger partial charge is 0.435 e. The minimum Gasteiger partial charge on any atom is -0.231 e. The van der Waals surface area contributed by atoms with E-state index in [9.17, 15) is 21.6 Å². The van der Waals surface area contributed by atoms with E-state index in [4.69, 9.17) is 11.6 Å². The molecule has 1 heterocycles. The van der Waals surface area contributed by atoms with E-state index in [-0.39, 0.29) is 26.9 Å². The van der Waals surface area contributed by atoms with Crippen molar-refractivity contribution in [3.63, 3.8) is 0 Å². The van der Waals surface area contributed by atoms with Crippen LogP contribution in [0.3, 0.4) is 0 Å². The van der Waals surface area contributed by atoms with Crippen molar-refractivity contribution in [3.05, 3.63) is 65.3 Å². The molecular weight excluding hydrogens is 389 g/mol. The van der Waals surface area contributed by atoms with E-state index in [0.29, 0.717) is 0 Å². The predicted molar refractivity (Wildman–Crippen MR) is 92.1 cm³/mol. The summed E-state index contributed by atoms with van der Waals surface area (Å²) in [5.74, 6) is 0. The molecule has 0 aliphatic heterocycles. The topological polar surface area (TPSA) is 52.0 Å². The fourth-order valence-electron chi connectivity index (χ4n) is 2.42. The molecule has 0 spiro atoms. The Balaban J connectivity index is 2.28. The van der Waals surface area contributed by atoms with Gasteiger partial charge >= 0.3 is 6.18 Å². The van der Waals surface area contributed by atoms with Gasteiger partial charge in [0.15, 0.2) is 15.5 Å². The highest BCUT2D eigenvalue weighted by Crippen LogP contribution is 2.35. The first-order chi connectivity index (χ1) is 12.1. The Morgan fingerprint density at radius 1 is 1.04 bits per heavy atom. The molecule has 0 atom stereocenters. The van der Waals surface area contributed by atoms with Crippen LogP contribution in [0.4, 0.5) is 13.2 Å². The standard InChI is InChI=1S/C17H12ClF3N2O2S/c1-26(24,25)12-6-4-5-11(9-12)15-10-16(17(19,20)21)22-23(15)14-8-3-2-7-13(14)18/h2-10H,1H3. The summed E-state index contributed by atoms with van der Waals surface area (Å²) < 4.78 is 64.1. The molecule has 1 aromatic heterocycles. The maximum absolute atomic E-state index is 13.2. The number of rotatable bonds is 3. The van der Waals surface area contributed by atoms with Crippen LogP contribution in [0, 0.1) is 0 Å². The number of halogens is 4. The van der Waals surface area contributed by atoms with Crippen molar-refractivity contribution < 1.29 is 21.6 Å². The maximum Gasteiger partial charge on any atom is 0.435 e.